The molecular weight excluding hydrogens is 304 g/mol. The maximum absolute atomic E-state index is 13.0. The highest BCUT2D eigenvalue weighted by atomic mass is 16.2. The van der Waals surface area contributed by atoms with E-state index < -0.39 is 0 Å². The van der Waals surface area contributed by atoms with Gasteiger partial charge in [0.25, 0.3) is 0 Å². The summed E-state index contributed by atoms with van der Waals surface area (Å²) in [5.41, 5.74) is 2.10. The van der Waals surface area contributed by atoms with Crippen molar-refractivity contribution < 1.29 is 9.59 Å². The van der Waals surface area contributed by atoms with E-state index in [1.54, 1.807) is 11.1 Å². The first-order valence-corrected chi connectivity index (χ1v) is 9.29. The van der Waals surface area contributed by atoms with E-state index in [1.807, 2.05) is 11.8 Å². The van der Waals surface area contributed by atoms with Crippen LogP contribution in [-0.2, 0) is 16.0 Å². The Labute approximate surface area is 143 Å². The number of amides is 2. The minimum atomic E-state index is -0.149. The van der Waals surface area contributed by atoms with Gasteiger partial charge in [-0.1, -0.05) is 12.8 Å². The van der Waals surface area contributed by atoms with E-state index in [2.05, 4.69) is 10.2 Å². The van der Waals surface area contributed by atoms with Crippen LogP contribution >= 0.6 is 0 Å². The monoisotopic (exact) mass is 332 g/mol. The molecule has 1 atom stereocenters. The molecule has 1 N–H and O–H groups in total. The van der Waals surface area contributed by atoms with E-state index in [1.165, 1.54) is 12.8 Å². The van der Waals surface area contributed by atoms with Crippen molar-refractivity contribution in [1.82, 2.24) is 20.0 Å². The number of carbonyl (C=O) groups excluding carboxylic acids is 2. The fraction of sp³-hybridized carbons (Fsp3) is 0.722. The largest absolute Gasteiger partial charge is 0.341 e. The maximum Gasteiger partial charge on any atom is 0.242 e. The summed E-state index contributed by atoms with van der Waals surface area (Å²) in [5, 5.41) is 7.10. The quantitative estimate of drug-likeness (QED) is 0.918. The van der Waals surface area contributed by atoms with Crippen LogP contribution in [0.5, 0.6) is 0 Å². The molecule has 0 spiro atoms. The second-order valence-corrected chi connectivity index (χ2v) is 6.90. The Balaban J connectivity index is 1.65. The molecule has 0 bridgehead atoms. The maximum atomic E-state index is 13.0. The lowest BCUT2D eigenvalue weighted by Gasteiger charge is -2.30. The van der Waals surface area contributed by atoms with Crippen LogP contribution in [0.1, 0.15) is 62.6 Å². The van der Waals surface area contributed by atoms with E-state index in [-0.39, 0.29) is 24.3 Å². The number of rotatable bonds is 4. The van der Waals surface area contributed by atoms with Crippen LogP contribution in [0.25, 0.3) is 0 Å². The smallest absolute Gasteiger partial charge is 0.242 e. The number of aryl methyl sites for hydroxylation is 1. The Morgan fingerprint density at radius 2 is 2.00 bits per heavy atom. The molecule has 1 unspecified atom stereocenters. The number of nitrogens with zero attached hydrogens (tertiary/aromatic N) is 3. The summed E-state index contributed by atoms with van der Waals surface area (Å²) in [5.74, 6) is 0.0164. The van der Waals surface area contributed by atoms with Gasteiger partial charge >= 0.3 is 0 Å². The number of nitrogens with one attached hydrogen (secondary N) is 1. The zero-order chi connectivity index (χ0) is 16.9. The van der Waals surface area contributed by atoms with Crippen molar-refractivity contribution in [3.63, 3.8) is 0 Å². The van der Waals surface area contributed by atoms with E-state index in [0.29, 0.717) is 6.54 Å². The lowest BCUT2D eigenvalue weighted by molar-refractivity contribution is -0.141. The molecule has 6 nitrogen and oxygen atoms in total. The van der Waals surface area contributed by atoms with Crippen LogP contribution < -0.4 is 0 Å². The molecule has 2 aliphatic rings. The molecule has 132 valence electrons. The van der Waals surface area contributed by atoms with Crippen molar-refractivity contribution in [3.8, 4) is 0 Å². The molecule has 0 saturated carbocycles. The standard InChI is InChI=1S/C18H28N4O2/c1-2-21(13-17(23)22-10-5-3-4-6-11-22)18(24)14-8-7-9-16-15(14)12-19-20-16/h12,14H,2-11,13H2,1H3,(H,19,20). The predicted octanol–water partition coefficient (Wildman–Crippen LogP) is 2.08. The van der Waals surface area contributed by atoms with Crippen LogP contribution in [0, 0.1) is 0 Å². The van der Waals surface area contributed by atoms with Crippen LogP contribution in [-0.4, -0.2) is 58.0 Å². The van der Waals surface area contributed by atoms with Gasteiger partial charge in [-0.2, -0.15) is 5.10 Å². The van der Waals surface area contributed by atoms with Crippen molar-refractivity contribution >= 4 is 11.8 Å². The fourth-order valence-corrected chi connectivity index (χ4v) is 3.87. The second kappa shape index (κ2) is 7.81. The Morgan fingerprint density at radius 1 is 1.25 bits per heavy atom. The zero-order valence-electron chi connectivity index (χ0n) is 14.6. The average molecular weight is 332 g/mol. The van der Waals surface area contributed by atoms with Crippen molar-refractivity contribution in [3.05, 3.63) is 17.5 Å². The van der Waals surface area contributed by atoms with Crippen molar-refractivity contribution in [2.75, 3.05) is 26.2 Å². The summed E-state index contributed by atoms with van der Waals surface area (Å²) in [7, 11) is 0. The van der Waals surface area contributed by atoms with Crippen molar-refractivity contribution in [2.24, 2.45) is 0 Å². The summed E-state index contributed by atoms with van der Waals surface area (Å²) in [6, 6.07) is 0. The van der Waals surface area contributed by atoms with Gasteiger partial charge in [-0.05, 0) is 39.0 Å². The minimum absolute atomic E-state index is 0.0722. The van der Waals surface area contributed by atoms with Gasteiger partial charge in [0.2, 0.25) is 11.8 Å². The van der Waals surface area contributed by atoms with Gasteiger partial charge < -0.3 is 9.80 Å². The molecule has 1 aliphatic carbocycles. The van der Waals surface area contributed by atoms with Gasteiger partial charge in [-0.25, -0.2) is 0 Å². The number of likely N-dealkylation sites (N-methyl/N-ethyl adjacent to an activating group) is 1. The first-order valence-electron chi connectivity index (χ1n) is 9.29. The predicted molar refractivity (Wildman–Crippen MR) is 91.6 cm³/mol. The SMILES string of the molecule is CCN(CC(=O)N1CCCCCC1)C(=O)C1CCCc2[nH]ncc21. The summed E-state index contributed by atoms with van der Waals surface area (Å²) >= 11 is 0. The number of likely N-dealkylation sites (tertiary alicyclic amines) is 1. The Hall–Kier alpha value is -1.85. The van der Waals surface area contributed by atoms with E-state index in [4.69, 9.17) is 0 Å². The van der Waals surface area contributed by atoms with Crippen LogP contribution in [0.3, 0.4) is 0 Å². The summed E-state index contributed by atoms with van der Waals surface area (Å²) < 4.78 is 0. The van der Waals surface area contributed by atoms with E-state index in [0.717, 1.165) is 56.5 Å². The molecule has 0 radical (unpaired) electrons. The summed E-state index contributed by atoms with van der Waals surface area (Å²) in [4.78, 5) is 29.3. The van der Waals surface area contributed by atoms with Crippen LogP contribution in [0.4, 0.5) is 0 Å². The summed E-state index contributed by atoms with van der Waals surface area (Å²) in [6.07, 6.45) is 9.12. The molecule has 3 rings (SSSR count). The number of carbonyl (C=O) groups is 2. The first kappa shape index (κ1) is 17.0. The lowest BCUT2D eigenvalue weighted by atomic mass is 9.86. The Bertz CT molecular complexity index is 575. The third-order valence-corrected chi connectivity index (χ3v) is 5.32. The van der Waals surface area contributed by atoms with Gasteiger partial charge in [0, 0.05) is 30.9 Å². The molecule has 2 heterocycles. The number of hydrogen-bond acceptors (Lipinski definition) is 3. The highest BCUT2D eigenvalue weighted by molar-refractivity contribution is 5.89. The van der Waals surface area contributed by atoms with Crippen LogP contribution in [0.2, 0.25) is 0 Å². The van der Waals surface area contributed by atoms with Gasteiger partial charge in [0.15, 0.2) is 0 Å². The number of fused-ring (bicyclic) bond motifs is 1. The minimum Gasteiger partial charge on any atom is -0.341 e. The highest BCUT2D eigenvalue weighted by Crippen LogP contribution is 2.31. The first-order chi connectivity index (χ1) is 11.7. The Morgan fingerprint density at radius 3 is 2.71 bits per heavy atom. The third-order valence-electron chi connectivity index (χ3n) is 5.32. The molecule has 1 saturated heterocycles. The molecule has 6 heteroatoms. The normalized spacial score (nSPS) is 21.0. The summed E-state index contributed by atoms with van der Waals surface area (Å²) in [6.45, 7) is 4.40. The van der Waals surface area contributed by atoms with E-state index in [9.17, 15) is 9.59 Å². The van der Waals surface area contributed by atoms with Crippen molar-refractivity contribution in [1.29, 1.82) is 0 Å². The molecule has 2 amide bonds. The second-order valence-electron chi connectivity index (χ2n) is 6.90. The molecule has 24 heavy (non-hydrogen) atoms. The number of H-pyrrole nitrogens is 1. The Kier molecular flexibility index (Phi) is 5.53. The average Bonchev–Trinajstić information content (AvgIpc) is 2.92. The molecule has 1 aromatic rings. The van der Waals surface area contributed by atoms with E-state index >= 15 is 0 Å². The molecule has 0 aromatic carbocycles. The number of aromatic amines is 1. The van der Waals surface area contributed by atoms with Crippen LogP contribution in [0.15, 0.2) is 6.20 Å². The van der Waals surface area contributed by atoms with Gasteiger partial charge in [0.1, 0.15) is 0 Å². The fourth-order valence-electron chi connectivity index (χ4n) is 3.87. The molecular formula is C18H28N4O2. The molecule has 1 aromatic heterocycles. The lowest BCUT2D eigenvalue weighted by Crippen LogP contribution is -2.45. The molecule has 1 fully saturated rings. The highest BCUT2D eigenvalue weighted by Gasteiger charge is 2.32. The number of aromatic nitrogens is 2. The van der Waals surface area contributed by atoms with Crippen molar-refractivity contribution in [2.45, 2.75) is 57.8 Å². The number of hydrogen-bond donors (Lipinski definition) is 1. The van der Waals surface area contributed by atoms with Gasteiger partial charge in [0.05, 0.1) is 18.7 Å². The topological polar surface area (TPSA) is 69.3 Å². The van der Waals surface area contributed by atoms with Gasteiger partial charge in [-0.15, -0.1) is 0 Å². The third kappa shape index (κ3) is 3.62. The zero-order valence-corrected chi connectivity index (χ0v) is 14.6. The molecule has 1 aliphatic heterocycles. The van der Waals surface area contributed by atoms with Gasteiger partial charge in [-0.3, -0.25) is 14.7 Å².